The third-order valence-electron chi connectivity index (χ3n) is 3.15. The van der Waals surface area contributed by atoms with E-state index in [0.717, 1.165) is 10.5 Å². The van der Waals surface area contributed by atoms with Gasteiger partial charge in [0.2, 0.25) is 0 Å². The minimum atomic E-state index is -0.961. The largest absolute Gasteiger partial charge is 0.481 e. The number of carboxylic acid groups (broad SMARTS) is 1. The van der Waals surface area contributed by atoms with Crippen LogP contribution in [-0.4, -0.2) is 29.0 Å². The molecule has 0 bridgehead atoms. The average molecular weight is 345 g/mol. The molecule has 2 rings (SSSR count). The third-order valence-corrected chi connectivity index (χ3v) is 4.32. The summed E-state index contributed by atoms with van der Waals surface area (Å²) in [4.78, 5) is 23.9. The molecular weight excluding hydrogens is 326 g/mol. The Balaban J connectivity index is 1.83. The maximum atomic E-state index is 11.9. The predicted molar refractivity (Wildman–Crippen MR) is 93.0 cm³/mol. The molecule has 0 fully saturated rings. The van der Waals surface area contributed by atoms with Crippen molar-refractivity contribution in [2.24, 2.45) is 0 Å². The number of hydrogen-bond acceptors (Lipinski definition) is 4. The Hall–Kier alpha value is -2.47. The van der Waals surface area contributed by atoms with Crippen LogP contribution in [0.25, 0.3) is 0 Å². The summed E-state index contributed by atoms with van der Waals surface area (Å²) in [5.74, 6) is -0.506. The zero-order chi connectivity index (χ0) is 17.2. The van der Waals surface area contributed by atoms with E-state index in [2.05, 4.69) is 5.32 Å². The second-order valence-corrected chi connectivity index (χ2v) is 6.22. The van der Waals surface area contributed by atoms with E-state index in [0.29, 0.717) is 5.75 Å². The number of carboxylic acids is 1. The molecule has 0 spiro atoms. The number of hydrogen-bond donors (Lipinski definition) is 2. The van der Waals surface area contributed by atoms with Crippen molar-refractivity contribution in [2.75, 3.05) is 5.75 Å². The summed E-state index contributed by atoms with van der Waals surface area (Å²) in [6, 6.07) is 18.4. The molecule has 1 atom stereocenters. The Morgan fingerprint density at radius 2 is 1.67 bits per heavy atom. The molecule has 126 valence electrons. The van der Waals surface area contributed by atoms with Crippen LogP contribution in [0, 0.1) is 0 Å². The topological polar surface area (TPSA) is 75.6 Å². The maximum absolute atomic E-state index is 11.9. The highest BCUT2D eigenvalue weighted by Crippen LogP contribution is 2.19. The zero-order valence-electron chi connectivity index (χ0n) is 13.1. The fraction of sp³-hybridized carbons (Fsp3) is 0.222. The monoisotopic (exact) mass is 345 g/mol. The lowest BCUT2D eigenvalue weighted by atomic mass is 10.2. The first-order valence-electron chi connectivity index (χ1n) is 7.50. The normalized spacial score (nSPS) is 11.5. The van der Waals surface area contributed by atoms with Crippen LogP contribution in [0.1, 0.15) is 12.0 Å². The van der Waals surface area contributed by atoms with Gasteiger partial charge < -0.3 is 15.2 Å². The summed E-state index contributed by atoms with van der Waals surface area (Å²) >= 11 is 1.49. The van der Waals surface area contributed by atoms with Crippen LogP contribution in [0.15, 0.2) is 65.6 Å². The number of benzene rings is 2. The molecule has 0 aliphatic heterocycles. The summed E-state index contributed by atoms with van der Waals surface area (Å²) in [7, 11) is 0. The van der Waals surface area contributed by atoms with Crippen molar-refractivity contribution >= 4 is 23.8 Å². The van der Waals surface area contributed by atoms with Gasteiger partial charge in [-0.05, 0) is 17.7 Å². The fourth-order valence-electron chi connectivity index (χ4n) is 2.01. The summed E-state index contributed by atoms with van der Waals surface area (Å²) in [6.07, 6.45) is -0.765. The van der Waals surface area contributed by atoms with Gasteiger partial charge in [0.15, 0.2) is 0 Å². The van der Waals surface area contributed by atoms with Gasteiger partial charge in [-0.2, -0.15) is 0 Å². The van der Waals surface area contributed by atoms with Crippen molar-refractivity contribution < 1.29 is 19.4 Å². The first-order chi connectivity index (χ1) is 11.6. The van der Waals surface area contributed by atoms with Gasteiger partial charge in [-0.3, -0.25) is 4.79 Å². The van der Waals surface area contributed by atoms with E-state index in [1.54, 1.807) is 0 Å². The second-order valence-electron chi connectivity index (χ2n) is 5.12. The Labute approximate surface area is 145 Å². The van der Waals surface area contributed by atoms with E-state index < -0.39 is 18.1 Å². The Bertz CT molecular complexity index is 649. The second kappa shape index (κ2) is 9.62. The van der Waals surface area contributed by atoms with Crippen molar-refractivity contribution in [2.45, 2.75) is 24.0 Å². The molecule has 6 heteroatoms. The van der Waals surface area contributed by atoms with Gasteiger partial charge in [-0.1, -0.05) is 48.5 Å². The van der Waals surface area contributed by atoms with E-state index in [4.69, 9.17) is 9.84 Å². The molecular formula is C18H19NO4S. The first kappa shape index (κ1) is 17.9. The van der Waals surface area contributed by atoms with Crippen LogP contribution in [0.5, 0.6) is 0 Å². The van der Waals surface area contributed by atoms with E-state index >= 15 is 0 Å². The highest BCUT2D eigenvalue weighted by Gasteiger charge is 2.17. The van der Waals surface area contributed by atoms with Crippen molar-refractivity contribution in [3.63, 3.8) is 0 Å². The van der Waals surface area contributed by atoms with Crippen LogP contribution in [0.3, 0.4) is 0 Å². The van der Waals surface area contributed by atoms with Gasteiger partial charge in [0.05, 0.1) is 12.5 Å². The minimum absolute atomic E-state index is 0.151. The summed E-state index contributed by atoms with van der Waals surface area (Å²) in [5.41, 5.74) is 0.876. The van der Waals surface area contributed by atoms with Crippen LogP contribution < -0.4 is 5.32 Å². The van der Waals surface area contributed by atoms with Crippen LogP contribution in [-0.2, 0) is 16.1 Å². The Kier molecular flexibility index (Phi) is 7.17. The smallest absolute Gasteiger partial charge is 0.407 e. The number of amides is 1. The van der Waals surface area contributed by atoms with Gasteiger partial charge in [0.1, 0.15) is 6.61 Å². The van der Waals surface area contributed by atoms with Gasteiger partial charge >= 0.3 is 12.1 Å². The highest BCUT2D eigenvalue weighted by atomic mass is 32.2. The molecule has 0 aliphatic carbocycles. The molecule has 0 aliphatic rings. The summed E-state index contributed by atoms with van der Waals surface area (Å²) < 4.78 is 5.14. The third kappa shape index (κ3) is 6.75. The van der Waals surface area contributed by atoms with Crippen molar-refractivity contribution in [3.05, 3.63) is 66.2 Å². The lowest BCUT2D eigenvalue weighted by molar-refractivity contribution is -0.137. The lowest BCUT2D eigenvalue weighted by Crippen LogP contribution is -2.38. The Morgan fingerprint density at radius 1 is 1.04 bits per heavy atom. The van der Waals surface area contributed by atoms with Crippen molar-refractivity contribution in [1.82, 2.24) is 5.32 Å². The van der Waals surface area contributed by atoms with E-state index in [1.807, 2.05) is 60.7 Å². The van der Waals surface area contributed by atoms with Crippen LogP contribution >= 0.6 is 11.8 Å². The average Bonchev–Trinajstić information content (AvgIpc) is 2.59. The van der Waals surface area contributed by atoms with Crippen molar-refractivity contribution in [3.8, 4) is 0 Å². The SMILES string of the molecule is O=C(O)CC(CSc1ccccc1)NC(=O)OCc1ccccc1. The quantitative estimate of drug-likeness (QED) is 0.716. The fourth-order valence-corrected chi connectivity index (χ4v) is 2.95. The van der Waals surface area contributed by atoms with Crippen LogP contribution in [0.2, 0.25) is 0 Å². The molecule has 0 radical (unpaired) electrons. The Morgan fingerprint density at radius 3 is 2.29 bits per heavy atom. The summed E-state index contributed by atoms with van der Waals surface area (Å²) in [5, 5.41) is 11.6. The number of ether oxygens (including phenoxy) is 1. The molecule has 0 saturated heterocycles. The molecule has 24 heavy (non-hydrogen) atoms. The van der Waals surface area contributed by atoms with E-state index in [9.17, 15) is 9.59 Å². The molecule has 0 saturated carbocycles. The molecule has 1 unspecified atom stereocenters. The maximum Gasteiger partial charge on any atom is 0.407 e. The number of carbonyl (C=O) groups is 2. The molecule has 0 aromatic heterocycles. The molecule has 2 aromatic rings. The van der Waals surface area contributed by atoms with E-state index in [-0.39, 0.29) is 13.0 Å². The first-order valence-corrected chi connectivity index (χ1v) is 8.49. The molecule has 0 heterocycles. The number of thioether (sulfide) groups is 1. The number of aliphatic carboxylic acids is 1. The number of rotatable bonds is 8. The number of nitrogens with one attached hydrogen (secondary N) is 1. The van der Waals surface area contributed by atoms with Crippen LogP contribution in [0.4, 0.5) is 4.79 Å². The minimum Gasteiger partial charge on any atom is -0.481 e. The molecule has 5 nitrogen and oxygen atoms in total. The van der Waals surface area contributed by atoms with E-state index in [1.165, 1.54) is 11.8 Å². The number of carbonyl (C=O) groups excluding carboxylic acids is 1. The zero-order valence-corrected chi connectivity index (χ0v) is 13.9. The molecule has 1 amide bonds. The van der Waals surface area contributed by atoms with Gasteiger partial charge in [0, 0.05) is 10.6 Å². The standard InChI is InChI=1S/C18H19NO4S/c20-17(21)11-15(13-24-16-9-5-2-6-10-16)19-18(22)23-12-14-7-3-1-4-8-14/h1-10,15H,11-13H2,(H,19,22)(H,20,21). The molecule has 2 aromatic carbocycles. The summed E-state index contributed by atoms with van der Waals surface area (Å²) in [6.45, 7) is 0.151. The van der Waals surface area contributed by atoms with Gasteiger partial charge in [0.25, 0.3) is 0 Å². The van der Waals surface area contributed by atoms with Crippen molar-refractivity contribution in [1.29, 1.82) is 0 Å². The van der Waals surface area contributed by atoms with Gasteiger partial charge in [-0.15, -0.1) is 11.8 Å². The highest BCUT2D eigenvalue weighted by molar-refractivity contribution is 7.99. The number of alkyl carbamates (subject to hydrolysis) is 1. The van der Waals surface area contributed by atoms with Gasteiger partial charge in [-0.25, -0.2) is 4.79 Å². The molecule has 2 N–H and O–H groups in total. The predicted octanol–water partition coefficient (Wildman–Crippen LogP) is 3.55. The lowest BCUT2D eigenvalue weighted by Gasteiger charge is -2.16.